The van der Waals surface area contributed by atoms with Gasteiger partial charge in [-0.15, -0.1) is 0 Å². The number of nitrogens with zero attached hydrogens (tertiary/aromatic N) is 3. The molecule has 0 fully saturated rings. The molecule has 2 rings (SSSR count). The predicted octanol–water partition coefficient (Wildman–Crippen LogP) is 2.35. The highest BCUT2D eigenvalue weighted by molar-refractivity contribution is 7.90. The summed E-state index contributed by atoms with van der Waals surface area (Å²) in [6.07, 6.45) is 1.16. The van der Waals surface area contributed by atoms with Crippen LogP contribution in [0.5, 0.6) is 0 Å². The Morgan fingerprint density at radius 3 is 2.21 bits per heavy atom. The number of hydrogen-bond donors (Lipinski definition) is 0. The van der Waals surface area contributed by atoms with E-state index in [4.69, 9.17) is 0 Å². The number of carbonyl (C=O) groups is 1. The van der Waals surface area contributed by atoms with Crippen molar-refractivity contribution in [2.24, 2.45) is 0 Å². The van der Waals surface area contributed by atoms with Crippen LogP contribution in [-0.2, 0) is 21.2 Å². The quantitative estimate of drug-likeness (QED) is 0.830. The summed E-state index contributed by atoms with van der Waals surface area (Å²) in [6.45, 7) is 7.78. The van der Waals surface area contributed by atoms with Crippen molar-refractivity contribution < 1.29 is 13.2 Å². The van der Waals surface area contributed by atoms with Gasteiger partial charge in [-0.1, -0.05) is 0 Å². The van der Waals surface area contributed by atoms with Crippen molar-refractivity contribution >= 4 is 21.4 Å². The topological polar surface area (TPSA) is 72.3 Å². The van der Waals surface area contributed by atoms with E-state index in [1.165, 1.54) is 12.1 Å². The third-order valence-electron chi connectivity index (χ3n) is 3.72. The second-order valence-electron chi connectivity index (χ2n) is 6.21. The van der Waals surface area contributed by atoms with E-state index < -0.39 is 9.84 Å². The van der Waals surface area contributed by atoms with E-state index in [0.717, 1.165) is 17.6 Å². The first-order valence-electron chi connectivity index (χ1n) is 7.73. The molecule has 0 atom stereocenters. The van der Waals surface area contributed by atoms with Crippen LogP contribution in [0, 0.1) is 13.8 Å². The Morgan fingerprint density at radius 2 is 1.79 bits per heavy atom. The molecular weight excluding hydrogens is 326 g/mol. The molecule has 2 aromatic rings. The van der Waals surface area contributed by atoms with E-state index in [1.54, 1.807) is 21.7 Å². The molecule has 0 saturated carbocycles. The van der Waals surface area contributed by atoms with E-state index in [0.29, 0.717) is 5.69 Å². The van der Waals surface area contributed by atoms with Crippen LogP contribution in [0.1, 0.15) is 25.2 Å². The number of amides is 1. The summed E-state index contributed by atoms with van der Waals surface area (Å²) in [7, 11) is -3.25. The van der Waals surface area contributed by atoms with Crippen molar-refractivity contribution in [2.75, 3.05) is 11.2 Å². The van der Waals surface area contributed by atoms with Gasteiger partial charge in [0.2, 0.25) is 5.91 Å². The molecule has 7 heteroatoms. The first-order valence-corrected chi connectivity index (χ1v) is 9.62. The molecule has 6 nitrogen and oxygen atoms in total. The van der Waals surface area contributed by atoms with Gasteiger partial charge in [0.05, 0.1) is 10.6 Å². The predicted molar refractivity (Wildman–Crippen MR) is 93.9 cm³/mol. The summed E-state index contributed by atoms with van der Waals surface area (Å²) in [5.74, 6) is -0.0942. The molecule has 24 heavy (non-hydrogen) atoms. The maximum absolute atomic E-state index is 12.7. The Bertz CT molecular complexity index is 836. The number of anilines is 1. The number of sulfone groups is 1. The van der Waals surface area contributed by atoms with Gasteiger partial charge in [0.1, 0.15) is 6.54 Å². The van der Waals surface area contributed by atoms with Gasteiger partial charge in [-0.3, -0.25) is 9.48 Å². The summed E-state index contributed by atoms with van der Waals surface area (Å²) in [4.78, 5) is 14.6. The SMILES string of the molecule is Cc1cc(C)n(CC(=O)N(c2ccc(S(C)(=O)=O)cc2)C(C)C)n1. The Balaban J connectivity index is 2.29. The number of carbonyl (C=O) groups excluding carboxylic acids is 1. The second kappa shape index (κ2) is 6.76. The summed E-state index contributed by atoms with van der Waals surface area (Å²) in [5.41, 5.74) is 2.47. The lowest BCUT2D eigenvalue weighted by Crippen LogP contribution is -2.39. The number of benzene rings is 1. The van der Waals surface area contributed by atoms with Gasteiger partial charge in [0.25, 0.3) is 0 Å². The maximum atomic E-state index is 12.7. The molecule has 0 aliphatic carbocycles. The molecule has 1 aromatic heterocycles. The number of aryl methyl sites for hydroxylation is 2. The fourth-order valence-electron chi connectivity index (χ4n) is 2.62. The molecule has 130 valence electrons. The van der Waals surface area contributed by atoms with Crippen LogP contribution < -0.4 is 4.90 Å². The van der Waals surface area contributed by atoms with Crippen LogP contribution in [0.4, 0.5) is 5.69 Å². The first kappa shape index (κ1) is 18.2. The van der Waals surface area contributed by atoms with Gasteiger partial charge in [-0.05, 0) is 58.0 Å². The van der Waals surface area contributed by atoms with E-state index in [2.05, 4.69) is 5.10 Å². The van der Waals surface area contributed by atoms with Gasteiger partial charge in [-0.2, -0.15) is 5.10 Å². The van der Waals surface area contributed by atoms with Crippen molar-refractivity contribution in [3.8, 4) is 0 Å². The molecule has 0 aliphatic rings. The van der Waals surface area contributed by atoms with Crippen molar-refractivity contribution in [1.82, 2.24) is 9.78 Å². The van der Waals surface area contributed by atoms with Crippen LogP contribution in [0.25, 0.3) is 0 Å². The zero-order valence-electron chi connectivity index (χ0n) is 14.6. The lowest BCUT2D eigenvalue weighted by Gasteiger charge is -2.27. The van der Waals surface area contributed by atoms with Crippen LogP contribution in [-0.4, -0.2) is 36.4 Å². The molecule has 0 aliphatic heterocycles. The lowest BCUT2D eigenvalue weighted by molar-refractivity contribution is -0.119. The summed E-state index contributed by atoms with van der Waals surface area (Å²) >= 11 is 0. The molecule has 1 amide bonds. The van der Waals surface area contributed by atoms with Gasteiger partial charge in [-0.25, -0.2) is 8.42 Å². The molecule has 0 unspecified atom stereocenters. The normalized spacial score (nSPS) is 11.8. The molecular formula is C17H23N3O3S. The Morgan fingerprint density at radius 1 is 1.21 bits per heavy atom. The first-order chi connectivity index (χ1) is 11.1. The molecule has 1 heterocycles. The zero-order valence-corrected chi connectivity index (χ0v) is 15.5. The Labute approximate surface area is 143 Å². The zero-order chi connectivity index (χ0) is 18.1. The van der Waals surface area contributed by atoms with Crippen molar-refractivity contribution in [3.63, 3.8) is 0 Å². The average molecular weight is 349 g/mol. The minimum atomic E-state index is -3.25. The molecule has 0 saturated heterocycles. The largest absolute Gasteiger partial charge is 0.308 e. The molecule has 1 aromatic carbocycles. The van der Waals surface area contributed by atoms with Crippen molar-refractivity contribution in [1.29, 1.82) is 0 Å². The van der Waals surface area contributed by atoms with E-state index in [1.807, 2.05) is 33.8 Å². The number of rotatable bonds is 5. The van der Waals surface area contributed by atoms with Gasteiger partial charge in [0, 0.05) is 23.7 Å². The fraction of sp³-hybridized carbons (Fsp3) is 0.412. The van der Waals surface area contributed by atoms with Crippen LogP contribution in [0.3, 0.4) is 0 Å². The highest BCUT2D eigenvalue weighted by Gasteiger charge is 2.21. The number of aromatic nitrogens is 2. The molecule has 0 bridgehead atoms. The van der Waals surface area contributed by atoms with Crippen LogP contribution in [0.15, 0.2) is 35.2 Å². The summed E-state index contributed by atoms with van der Waals surface area (Å²) in [6, 6.07) is 8.24. The van der Waals surface area contributed by atoms with E-state index >= 15 is 0 Å². The maximum Gasteiger partial charge on any atom is 0.248 e. The van der Waals surface area contributed by atoms with Gasteiger partial charge < -0.3 is 4.90 Å². The molecule has 0 spiro atoms. The smallest absolute Gasteiger partial charge is 0.248 e. The summed E-state index contributed by atoms with van der Waals surface area (Å²) < 4.78 is 24.8. The highest BCUT2D eigenvalue weighted by Crippen LogP contribution is 2.21. The van der Waals surface area contributed by atoms with Crippen molar-refractivity contribution in [2.45, 2.75) is 45.2 Å². The Kier molecular flexibility index (Phi) is 5.13. The van der Waals surface area contributed by atoms with E-state index in [-0.39, 0.29) is 23.4 Å². The van der Waals surface area contributed by atoms with Crippen LogP contribution in [0.2, 0.25) is 0 Å². The Hall–Kier alpha value is -2.15. The van der Waals surface area contributed by atoms with E-state index in [9.17, 15) is 13.2 Å². The minimum absolute atomic E-state index is 0.0569. The standard InChI is InChI=1S/C17H23N3O3S/c1-12(2)20(15-6-8-16(9-7-15)24(5,22)23)17(21)11-19-14(4)10-13(3)18-19/h6-10,12H,11H2,1-5H3. The van der Waals surface area contributed by atoms with Crippen molar-refractivity contribution in [3.05, 3.63) is 41.7 Å². The second-order valence-corrected chi connectivity index (χ2v) is 8.22. The molecule has 0 N–H and O–H groups in total. The third-order valence-corrected chi connectivity index (χ3v) is 4.84. The lowest BCUT2D eigenvalue weighted by atomic mass is 10.2. The van der Waals surface area contributed by atoms with Gasteiger partial charge in [0.15, 0.2) is 9.84 Å². The fourth-order valence-corrected chi connectivity index (χ4v) is 3.25. The summed E-state index contributed by atoms with van der Waals surface area (Å²) in [5, 5.41) is 4.32. The monoisotopic (exact) mass is 349 g/mol. The van der Waals surface area contributed by atoms with Crippen LogP contribution >= 0.6 is 0 Å². The molecule has 0 radical (unpaired) electrons. The third kappa shape index (κ3) is 4.03. The average Bonchev–Trinajstić information content (AvgIpc) is 2.76. The highest BCUT2D eigenvalue weighted by atomic mass is 32.2. The minimum Gasteiger partial charge on any atom is -0.308 e. The van der Waals surface area contributed by atoms with Gasteiger partial charge >= 0.3 is 0 Å². The number of hydrogen-bond acceptors (Lipinski definition) is 4.